The number of hydrogen-bond donors (Lipinski definition) is 1. The average molecular weight is 297 g/mol. The summed E-state index contributed by atoms with van der Waals surface area (Å²) >= 11 is 1.83. The van der Waals surface area contributed by atoms with Crippen molar-refractivity contribution >= 4 is 11.3 Å². The van der Waals surface area contributed by atoms with Crippen LogP contribution in [0, 0.1) is 0 Å². The van der Waals surface area contributed by atoms with E-state index in [0.717, 1.165) is 6.42 Å². The van der Waals surface area contributed by atoms with Gasteiger partial charge in [-0.25, -0.2) is 4.98 Å². The molecular weight excluding hydrogens is 264 g/mol. The fourth-order valence-corrected chi connectivity index (χ4v) is 3.85. The van der Waals surface area contributed by atoms with Crippen molar-refractivity contribution < 1.29 is 0 Å². The van der Waals surface area contributed by atoms with Gasteiger partial charge in [-0.1, -0.05) is 47.5 Å². The van der Waals surface area contributed by atoms with E-state index >= 15 is 0 Å². The lowest BCUT2D eigenvalue weighted by molar-refractivity contribution is 0.264. The third kappa shape index (κ3) is 4.29. The van der Waals surface area contributed by atoms with Crippen LogP contribution >= 0.6 is 11.3 Å². The second-order valence-corrected chi connectivity index (χ2v) is 7.98. The smallest absolute Gasteiger partial charge is 0.113 e. The van der Waals surface area contributed by atoms with Crippen LogP contribution in [-0.2, 0) is 11.0 Å². The van der Waals surface area contributed by atoms with Gasteiger partial charge in [-0.15, -0.1) is 11.3 Å². The zero-order valence-corrected chi connectivity index (χ0v) is 15.2. The molecule has 3 heteroatoms. The summed E-state index contributed by atoms with van der Waals surface area (Å²) in [4.78, 5) is 4.99. The molecule has 0 spiro atoms. The molecule has 1 aromatic heterocycles. The van der Waals surface area contributed by atoms with Crippen molar-refractivity contribution in [3.8, 4) is 0 Å². The number of rotatable bonds is 7. The Morgan fingerprint density at radius 3 is 2.30 bits per heavy atom. The van der Waals surface area contributed by atoms with Gasteiger partial charge in [0.1, 0.15) is 5.01 Å². The van der Waals surface area contributed by atoms with Crippen molar-refractivity contribution in [2.75, 3.05) is 0 Å². The largest absolute Gasteiger partial charge is 0.303 e. The highest BCUT2D eigenvalue weighted by Crippen LogP contribution is 2.35. The van der Waals surface area contributed by atoms with Gasteiger partial charge in [0.05, 0.1) is 11.2 Å². The van der Waals surface area contributed by atoms with Crippen LogP contribution in [0.3, 0.4) is 0 Å². The molecule has 0 saturated heterocycles. The predicted octanol–water partition coefficient (Wildman–Crippen LogP) is 5.23. The molecule has 1 rings (SSSR count). The molecule has 0 radical (unpaired) electrons. The Labute approximate surface area is 129 Å². The lowest BCUT2D eigenvalue weighted by Gasteiger charge is -2.34. The second-order valence-electron chi connectivity index (χ2n) is 7.13. The average Bonchev–Trinajstić information content (AvgIpc) is 2.84. The van der Waals surface area contributed by atoms with Crippen molar-refractivity contribution in [3.63, 3.8) is 0 Å². The van der Waals surface area contributed by atoms with E-state index in [1.54, 1.807) is 0 Å². The molecule has 0 saturated carbocycles. The molecule has 1 aromatic rings. The second kappa shape index (κ2) is 7.04. The van der Waals surface area contributed by atoms with E-state index in [1.807, 2.05) is 11.3 Å². The lowest BCUT2D eigenvalue weighted by atomic mass is 9.88. The van der Waals surface area contributed by atoms with Gasteiger partial charge in [0.15, 0.2) is 0 Å². The molecule has 1 heterocycles. The number of unbranched alkanes of at least 4 members (excludes halogenated alkanes) is 1. The maximum Gasteiger partial charge on any atom is 0.113 e. The maximum absolute atomic E-state index is 4.99. The minimum atomic E-state index is 0.0539. The third-order valence-electron chi connectivity index (χ3n) is 3.81. The van der Waals surface area contributed by atoms with Crippen LogP contribution in [-0.4, -0.2) is 11.0 Å². The van der Waals surface area contributed by atoms with E-state index < -0.39 is 0 Å². The molecule has 2 nitrogen and oxygen atoms in total. The summed E-state index contributed by atoms with van der Waals surface area (Å²) < 4.78 is 0. The van der Waals surface area contributed by atoms with Crippen LogP contribution in [0.5, 0.6) is 0 Å². The van der Waals surface area contributed by atoms with Crippen LogP contribution in [0.25, 0.3) is 0 Å². The molecule has 20 heavy (non-hydrogen) atoms. The zero-order chi connectivity index (χ0) is 15.4. The quantitative estimate of drug-likeness (QED) is 0.745. The number of aromatic nitrogens is 1. The van der Waals surface area contributed by atoms with Gasteiger partial charge >= 0.3 is 0 Å². The number of nitrogens with one attached hydrogen (secondary N) is 1. The molecule has 0 aliphatic rings. The van der Waals surface area contributed by atoms with Gasteiger partial charge in [-0.2, -0.15) is 0 Å². The van der Waals surface area contributed by atoms with Gasteiger partial charge < -0.3 is 5.32 Å². The highest BCUT2D eigenvalue weighted by Gasteiger charge is 2.34. The van der Waals surface area contributed by atoms with Crippen LogP contribution in [0.2, 0.25) is 0 Å². The Kier molecular flexibility index (Phi) is 6.21. The minimum Gasteiger partial charge on any atom is -0.303 e. The molecule has 1 unspecified atom stereocenters. The third-order valence-corrected chi connectivity index (χ3v) is 4.85. The summed E-state index contributed by atoms with van der Waals surface area (Å²) in [5.74, 6) is 0. The van der Waals surface area contributed by atoms with Crippen molar-refractivity contribution in [2.24, 2.45) is 0 Å². The fourth-order valence-electron chi connectivity index (χ4n) is 2.54. The van der Waals surface area contributed by atoms with E-state index in [1.165, 1.54) is 30.0 Å². The van der Waals surface area contributed by atoms with E-state index in [-0.39, 0.29) is 11.0 Å². The zero-order valence-electron chi connectivity index (χ0n) is 14.3. The molecule has 1 N–H and O–H groups in total. The molecule has 0 aliphatic carbocycles. The van der Waals surface area contributed by atoms with Gasteiger partial charge in [0.25, 0.3) is 0 Å². The standard InChI is InChI=1S/C17H32N2S/c1-8-10-11-17(9-2,19-13(3)4)15-18-14(12-20-15)16(5,6)7/h12-13,19H,8-11H2,1-7H3. The van der Waals surface area contributed by atoms with Gasteiger partial charge in [-0.3, -0.25) is 0 Å². The summed E-state index contributed by atoms with van der Waals surface area (Å²) in [5, 5.41) is 7.32. The van der Waals surface area contributed by atoms with Crippen molar-refractivity contribution in [3.05, 3.63) is 16.1 Å². The molecule has 116 valence electrons. The maximum atomic E-state index is 4.99. The number of nitrogens with zero attached hydrogens (tertiary/aromatic N) is 1. The van der Waals surface area contributed by atoms with Gasteiger partial charge in [0.2, 0.25) is 0 Å². The lowest BCUT2D eigenvalue weighted by Crippen LogP contribution is -2.45. The SMILES string of the molecule is CCCCC(CC)(NC(C)C)c1nc(C(C)(C)C)cs1. The Bertz CT molecular complexity index is 403. The van der Waals surface area contributed by atoms with Crippen molar-refractivity contribution in [1.82, 2.24) is 10.3 Å². The topological polar surface area (TPSA) is 24.9 Å². The predicted molar refractivity (Wildman–Crippen MR) is 90.6 cm³/mol. The Hall–Kier alpha value is -0.410. The van der Waals surface area contributed by atoms with Crippen molar-refractivity contribution in [1.29, 1.82) is 0 Å². The van der Waals surface area contributed by atoms with Crippen LogP contribution in [0.4, 0.5) is 0 Å². The molecule has 0 amide bonds. The van der Waals surface area contributed by atoms with E-state index in [4.69, 9.17) is 4.98 Å². The first-order valence-electron chi connectivity index (χ1n) is 7.99. The highest BCUT2D eigenvalue weighted by atomic mass is 32.1. The fraction of sp³-hybridized carbons (Fsp3) is 0.824. The van der Waals surface area contributed by atoms with E-state index in [0.29, 0.717) is 6.04 Å². The molecule has 0 aromatic carbocycles. The first-order valence-corrected chi connectivity index (χ1v) is 8.87. The van der Waals surface area contributed by atoms with Crippen molar-refractivity contribution in [2.45, 2.75) is 91.1 Å². The normalized spacial score (nSPS) is 15.6. The molecule has 0 bridgehead atoms. The van der Waals surface area contributed by atoms with E-state index in [2.05, 4.69) is 59.2 Å². The molecular formula is C17H32N2S. The first-order chi connectivity index (χ1) is 9.25. The molecule has 0 aliphatic heterocycles. The summed E-state index contributed by atoms with van der Waals surface area (Å²) in [6, 6.07) is 0.480. The number of hydrogen-bond acceptors (Lipinski definition) is 3. The Morgan fingerprint density at radius 2 is 1.90 bits per heavy atom. The summed E-state index contributed by atoms with van der Waals surface area (Å²) in [5.41, 5.74) is 1.41. The monoisotopic (exact) mass is 296 g/mol. The van der Waals surface area contributed by atoms with Crippen LogP contribution < -0.4 is 5.32 Å². The Balaban J connectivity index is 3.11. The van der Waals surface area contributed by atoms with Crippen LogP contribution in [0.15, 0.2) is 5.38 Å². The first kappa shape index (κ1) is 17.6. The van der Waals surface area contributed by atoms with Gasteiger partial charge in [0, 0.05) is 16.8 Å². The number of thiazole rings is 1. The summed E-state index contributed by atoms with van der Waals surface area (Å²) in [7, 11) is 0. The molecule has 1 atom stereocenters. The Morgan fingerprint density at radius 1 is 1.25 bits per heavy atom. The highest BCUT2D eigenvalue weighted by molar-refractivity contribution is 7.09. The summed E-state index contributed by atoms with van der Waals surface area (Å²) in [6.45, 7) is 15.7. The minimum absolute atomic E-state index is 0.0539. The van der Waals surface area contributed by atoms with E-state index in [9.17, 15) is 0 Å². The summed E-state index contributed by atoms with van der Waals surface area (Å²) in [6.07, 6.45) is 4.76. The van der Waals surface area contributed by atoms with Gasteiger partial charge in [-0.05, 0) is 26.7 Å². The molecule has 0 fully saturated rings. The van der Waals surface area contributed by atoms with Crippen LogP contribution in [0.1, 0.15) is 84.9 Å².